The number of piperidine rings is 1. The van der Waals surface area contributed by atoms with E-state index in [0.717, 1.165) is 32.0 Å². The average Bonchev–Trinajstić information content (AvgIpc) is 2.54. The first-order chi connectivity index (χ1) is 12.3. The molecule has 26 heavy (non-hydrogen) atoms. The maximum Gasteiger partial charge on any atom is 0.407 e. The van der Waals surface area contributed by atoms with Crippen LogP contribution in [0.5, 0.6) is 0 Å². The molecule has 7 nitrogen and oxygen atoms in total. The SMILES string of the molecule is CCNC(=NCCCNC(=O)OC(C)(C)C)NCCN1CCCCC1C. The third-order valence-electron chi connectivity index (χ3n) is 4.25. The van der Waals surface area contributed by atoms with E-state index in [4.69, 9.17) is 4.74 Å². The Morgan fingerprint density at radius 2 is 1.96 bits per heavy atom. The predicted molar refractivity (Wildman–Crippen MR) is 108 cm³/mol. The maximum absolute atomic E-state index is 11.6. The number of rotatable bonds is 8. The van der Waals surface area contributed by atoms with Crippen LogP contribution in [0, 0.1) is 0 Å². The summed E-state index contributed by atoms with van der Waals surface area (Å²) in [6.45, 7) is 15.1. The quantitative estimate of drug-likeness (QED) is 0.348. The number of nitrogens with zero attached hydrogens (tertiary/aromatic N) is 2. The highest BCUT2D eigenvalue weighted by atomic mass is 16.6. The number of alkyl carbamates (subject to hydrolysis) is 1. The van der Waals surface area contributed by atoms with E-state index in [-0.39, 0.29) is 6.09 Å². The highest BCUT2D eigenvalue weighted by molar-refractivity contribution is 5.79. The summed E-state index contributed by atoms with van der Waals surface area (Å²) in [6, 6.07) is 0.684. The lowest BCUT2D eigenvalue weighted by molar-refractivity contribution is 0.0527. The molecule has 1 atom stereocenters. The third kappa shape index (κ3) is 10.5. The van der Waals surface area contributed by atoms with Crippen molar-refractivity contribution in [3.05, 3.63) is 0 Å². The molecule has 7 heteroatoms. The van der Waals surface area contributed by atoms with E-state index in [9.17, 15) is 4.79 Å². The summed E-state index contributed by atoms with van der Waals surface area (Å²) in [6.07, 6.45) is 4.37. The summed E-state index contributed by atoms with van der Waals surface area (Å²) in [4.78, 5) is 18.7. The van der Waals surface area contributed by atoms with Crippen molar-refractivity contribution in [1.29, 1.82) is 0 Å². The average molecular weight is 370 g/mol. The van der Waals surface area contributed by atoms with E-state index in [0.29, 0.717) is 19.1 Å². The summed E-state index contributed by atoms with van der Waals surface area (Å²) < 4.78 is 5.21. The molecule has 1 aliphatic rings. The number of guanidine groups is 1. The van der Waals surface area contributed by atoms with E-state index in [1.54, 1.807) is 0 Å². The van der Waals surface area contributed by atoms with E-state index in [1.807, 2.05) is 20.8 Å². The van der Waals surface area contributed by atoms with Crippen molar-refractivity contribution in [1.82, 2.24) is 20.9 Å². The van der Waals surface area contributed by atoms with Gasteiger partial charge in [0, 0.05) is 38.8 Å². The largest absolute Gasteiger partial charge is 0.444 e. The molecule has 1 fully saturated rings. The lowest BCUT2D eigenvalue weighted by atomic mass is 10.0. The summed E-state index contributed by atoms with van der Waals surface area (Å²) >= 11 is 0. The molecule has 3 N–H and O–H groups in total. The number of aliphatic imine (C=N–C) groups is 1. The van der Waals surface area contributed by atoms with Crippen LogP contribution in [0.4, 0.5) is 4.79 Å². The van der Waals surface area contributed by atoms with Gasteiger partial charge in [-0.3, -0.25) is 9.89 Å². The molecule has 0 spiro atoms. The molecule has 1 aliphatic heterocycles. The maximum atomic E-state index is 11.6. The van der Waals surface area contributed by atoms with Crippen molar-refractivity contribution < 1.29 is 9.53 Å². The van der Waals surface area contributed by atoms with Gasteiger partial charge in [-0.1, -0.05) is 6.42 Å². The summed E-state index contributed by atoms with van der Waals surface area (Å²) in [5, 5.41) is 9.43. The van der Waals surface area contributed by atoms with Crippen molar-refractivity contribution in [2.75, 3.05) is 39.3 Å². The Bertz CT molecular complexity index is 434. The molecule has 0 bridgehead atoms. The highest BCUT2D eigenvalue weighted by Crippen LogP contribution is 2.15. The molecule has 1 unspecified atom stereocenters. The van der Waals surface area contributed by atoms with Crippen LogP contribution in [0.25, 0.3) is 0 Å². The van der Waals surface area contributed by atoms with Crippen LogP contribution in [0.3, 0.4) is 0 Å². The zero-order valence-electron chi connectivity index (χ0n) is 17.4. The van der Waals surface area contributed by atoms with Crippen molar-refractivity contribution in [3.63, 3.8) is 0 Å². The Hall–Kier alpha value is -1.50. The molecular weight excluding hydrogens is 330 g/mol. The van der Waals surface area contributed by atoms with Crippen LogP contribution in [0.15, 0.2) is 4.99 Å². The Balaban J connectivity index is 2.22. The lowest BCUT2D eigenvalue weighted by Gasteiger charge is -2.33. The summed E-state index contributed by atoms with van der Waals surface area (Å²) in [5.41, 5.74) is -0.462. The minimum atomic E-state index is -0.462. The van der Waals surface area contributed by atoms with Gasteiger partial charge in [-0.2, -0.15) is 0 Å². The molecule has 1 amide bonds. The molecular formula is C19H39N5O2. The summed E-state index contributed by atoms with van der Waals surface area (Å²) in [7, 11) is 0. The fraction of sp³-hybridized carbons (Fsp3) is 0.895. The molecule has 0 saturated carbocycles. The van der Waals surface area contributed by atoms with Crippen molar-refractivity contribution in [3.8, 4) is 0 Å². The first kappa shape index (κ1) is 22.5. The second-order valence-electron chi connectivity index (χ2n) is 7.85. The number of carbonyl (C=O) groups is 1. The predicted octanol–water partition coefficient (Wildman–Crippen LogP) is 2.33. The summed E-state index contributed by atoms with van der Waals surface area (Å²) in [5.74, 6) is 0.842. The molecule has 0 aromatic heterocycles. The van der Waals surface area contributed by atoms with Gasteiger partial charge in [-0.15, -0.1) is 0 Å². The van der Waals surface area contributed by atoms with Crippen LogP contribution >= 0.6 is 0 Å². The Labute approximate surface area is 159 Å². The molecule has 0 aliphatic carbocycles. The van der Waals surface area contributed by atoms with Crippen LogP contribution in [0.2, 0.25) is 0 Å². The van der Waals surface area contributed by atoms with Crippen molar-refractivity contribution >= 4 is 12.1 Å². The highest BCUT2D eigenvalue weighted by Gasteiger charge is 2.17. The van der Waals surface area contributed by atoms with Crippen LogP contribution < -0.4 is 16.0 Å². The van der Waals surface area contributed by atoms with Gasteiger partial charge in [0.2, 0.25) is 0 Å². The third-order valence-corrected chi connectivity index (χ3v) is 4.25. The van der Waals surface area contributed by atoms with Gasteiger partial charge in [0.1, 0.15) is 5.60 Å². The first-order valence-corrected chi connectivity index (χ1v) is 10.0. The number of ether oxygens (including phenoxy) is 1. The van der Waals surface area contributed by atoms with E-state index in [2.05, 4.69) is 39.7 Å². The van der Waals surface area contributed by atoms with Gasteiger partial charge < -0.3 is 20.7 Å². The van der Waals surface area contributed by atoms with Crippen LogP contribution in [-0.4, -0.2) is 67.9 Å². The second kappa shape index (κ2) is 12.0. The molecule has 0 aromatic carbocycles. The fourth-order valence-corrected chi connectivity index (χ4v) is 2.92. The molecule has 1 rings (SSSR count). The Morgan fingerprint density at radius 1 is 1.19 bits per heavy atom. The van der Waals surface area contributed by atoms with Gasteiger partial charge >= 0.3 is 6.09 Å². The lowest BCUT2D eigenvalue weighted by Crippen LogP contribution is -2.45. The minimum absolute atomic E-state index is 0.373. The number of nitrogens with one attached hydrogen (secondary N) is 3. The van der Waals surface area contributed by atoms with Crippen molar-refractivity contribution in [2.24, 2.45) is 4.99 Å². The van der Waals surface area contributed by atoms with Crippen molar-refractivity contribution in [2.45, 2.75) is 71.9 Å². The second-order valence-corrected chi connectivity index (χ2v) is 7.85. The zero-order chi connectivity index (χ0) is 19.4. The number of hydrogen-bond donors (Lipinski definition) is 3. The van der Waals surface area contributed by atoms with E-state index >= 15 is 0 Å². The Kier molecular flexibility index (Phi) is 10.4. The molecule has 0 aromatic rings. The number of likely N-dealkylation sites (tertiary alicyclic amines) is 1. The number of amides is 1. The van der Waals surface area contributed by atoms with Gasteiger partial charge in [0.25, 0.3) is 0 Å². The molecule has 1 saturated heterocycles. The van der Waals surface area contributed by atoms with Crippen LogP contribution in [-0.2, 0) is 4.74 Å². The normalized spacial score (nSPS) is 19.1. The minimum Gasteiger partial charge on any atom is -0.444 e. The van der Waals surface area contributed by atoms with Gasteiger partial charge in [-0.05, 0) is 60.4 Å². The zero-order valence-corrected chi connectivity index (χ0v) is 17.4. The fourth-order valence-electron chi connectivity index (χ4n) is 2.92. The van der Waals surface area contributed by atoms with Crippen LogP contribution in [0.1, 0.15) is 60.3 Å². The first-order valence-electron chi connectivity index (χ1n) is 10.0. The molecule has 152 valence electrons. The number of carbonyl (C=O) groups excluding carboxylic acids is 1. The Morgan fingerprint density at radius 3 is 2.62 bits per heavy atom. The molecule has 1 heterocycles. The van der Waals surface area contributed by atoms with Gasteiger partial charge in [0.05, 0.1) is 0 Å². The van der Waals surface area contributed by atoms with E-state index < -0.39 is 5.60 Å². The monoisotopic (exact) mass is 369 g/mol. The van der Waals surface area contributed by atoms with E-state index in [1.165, 1.54) is 25.8 Å². The standard InChI is InChI=1S/C19H39N5O2/c1-6-20-17(22-13-15-24-14-8-7-10-16(24)2)21-11-9-12-23-18(25)26-19(3,4)5/h16H,6-15H2,1-5H3,(H,23,25)(H2,20,21,22). The van der Waals surface area contributed by atoms with Gasteiger partial charge in [0.15, 0.2) is 5.96 Å². The number of hydrogen-bond acceptors (Lipinski definition) is 4. The smallest absolute Gasteiger partial charge is 0.407 e. The molecule has 0 radical (unpaired) electrons. The van der Waals surface area contributed by atoms with Gasteiger partial charge in [-0.25, -0.2) is 4.79 Å². The topological polar surface area (TPSA) is 78.0 Å².